The molecule has 22 heavy (non-hydrogen) atoms. The van der Waals surface area contributed by atoms with Gasteiger partial charge in [-0.2, -0.15) is 0 Å². The highest BCUT2D eigenvalue weighted by Crippen LogP contribution is 2.18. The Morgan fingerprint density at radius 1 is 0.955 bits per heavy atom. The molecule has 2 aromatic carbocycles. The second-order valence-electron chi connectivity index (χ2n) is 6.21. The van der Waals surface area contributed by atoms with E-state index < -0.39 is 0 Å². The third-order valence-electron chi connectivity index (χ3n) is 4.09. The van der Waals surface area contributed by atoms with Crippen molar-refractivity contribution >= 4 is 5.91 Å². The van der Waals surface area contributed by atoms with Gasteiger partial charge in [0.25, 0.3) is 0 Å². The summed E-state index contributed by atoms with van der Waals surface area (Å²) in [5.41, 5.74) is 4.71. The molecule has 0 aliphatic carbocycles. The molecule has 0 aliphatic heterocycles. The predicted molar refractivity (Wildman–Crippen MR) is 92.0 cm³/mol. The Morgan fingerprint density at radius 2 is 1.55 bits per heavy atom. The lowest BCUT2D eigenvalue weighted by Crippen LogP contribution is -2.28. The first-order valence-electron chi connectivity index (χ1n) is 7.91. The fourth-order valence-corrected chi connectivity index (χ4v) is 2.53. The molecule has 0 aliphatic rings. The maximum atomic E-state index is 12.2. The lowest BCUT2D eigenvalue weighted by atomic mass is 9.99. The smallest absolute Gasteiger partial charge is 0.224 e. The van der Waals surface area contributed by atoms with Gasteiger partial charge >= 0.3 is 0 Å². The number of nitrogens with one attached hydrogen (secondary N) is 1. The molecule has 0 fully saturated rings. The van der Waals surface area contributed by atoms with Gasteiger partial charge in [-0.25, -0.2) is 0 Å². The minimum Gasteiger partial charge on any atom is -0.349 e. The van der Waals surface area contributed by atoms with E-state index in [1.165, 1.54) is 5.56 Å². The van der Waals surface area contributed by atoms with Crippen LogP contribution in [-0.4, -0.2) is 5.91 Å². The molecular weight excluding hydrogens is 270 g/mol. The Hall–Kier alpha value is -2.09. The summed E-state index contributed by atoms with van der Waals surface area (Å²) >= 11 is 0. The van der Waals surface area contributed by atoms with E-state index in [1.54, 1.807) is 0 Å². The highest BCUT2D eigenvalue weighted by atomic mass is 16.1. The van der Waals surface area contributed by atoms with E-state index in [4.69, 9.17) is 0 Å². The van der Waals surface area contributed by atoms with Crippen molar-refractivity contribution in [3.05, 3.63) is 70.8 Å². The molecule has 0 saturated heterocycles. The summed E-state index contributed by atoms with van der Waals surface area (Å²) in [5, 5.41) is 3.08. The summed E-state index contributed by atoms with van der Waals surface area (Å²) in [6, 6.07) is 16.5. The van der Waals surface area contributed by atoms with Crippen molar-refractivity contribution in [2.45, 2.75) is 46.1 Å². The van der Waals surface area contributed by atoms with Crippen LogP contribution >= 0.6 is 0 Å². The van der Waals surface area contributed by atoms with Crippen molar-refractivity contribution in [3.63, 3.8) is 0 Å². The van der Waals surface area contributed by atoms with Gasteiger partial charge in [0.15, 0.2) is 0 Å². The molecule has 2 heteroatoms. The molecule has 0 bridgehead atoms. The summed E-state index contributed by atoms with van der Waals surface area (Å²) in [7, 11) is 0. The number of benzene rings is 2. The quantitative estimate of drug-likeness (QED) is 0.862. The van der Waals surface area contributed by atoms with Gasteiger partial charge in [-0.3, -0.25) is 4.79 Å². The highest BCUT2D eigenvalue weighted by Gasteiger charge is 2.11. The third-order valence-corrected chi connectivity index (χ3v) is 4.09. The second-order valence-corrected chi connectivity index (χ2v) is 6.21. The number of hydrogen-bond acceptors (Lipinski definition) is 1. The van der Waals surface area contributed by atoms with Crippen LogP contribution in [0.3, 0.4) is 0 Å². The van der Waals surface area contributed by atoms with E-state index >= 15 is 0 Å². The van der Waals surface area contributed by atoms with Crippen molar-refractivity contribution in [1.29, 1.82) is 0 Å². The van der Waals surface area contributed by atoms with Crippen LogP contribution in [0.4, 0.5) is 0 Å². The molecule has 0 saturated carbocycles. The summed E-state index contributed by atoms with van der Waals surface area (Å²) in [6.07, 6.45) is 0.432. The summed E-state index contributed by atoms with van der Waals surface area (Å²) in [5.74, 6) is 0.592. The van der Waals surface area contributed by atoms with E-state index in [2.05, 4.69) is 43.4 Å². The molecule has 0 aromatic heterocycles. The Morgan fingerprint density at radius 3 is 2.14 bits per heavy atom. The van der Waals surface area contributed by atoms with E-state index in [9.17, 15) is 4.79 Å². The minimum atomic E-state index is 0.0257. The van der Waals surface area contributed by atoms with Crippen molar-refractivity contribution in [3.8, 4) is 0 Å². The average Bonchev–Trinajstić information content (AvgIpc) is 2.49. The molecule has 116 valence electrons. The van der Waals surface area contributed by atoms with Crippen LogP contribution in [0.15, 0.2) is 48.5 Å². The molecule has 2 aromatic rings. The van der Waals surface area contributed by atoms with Gasteiger partial charge in [0.2, 0.25) is 5.91 Å². The fraction of sp³-hybridized carbons (Fsp3) is 0.350. The predicted octanol–water partition coefficient (Wildman–Crippen LogP) is 4.54. The van der Waals surface area contributed by atoms with Gasteiger partial charge in [-0.15, -0.1) is 0 Å². The molecule has 0 radical (unpaired) electrons. The maximum absolute atomic E-state index is 12.2. The first-order valence-corrected chi connectivity index (χ1v) is 7.91. The van der Waals surface area contributed by atoms with Crippen molar-refractivity contribution < 1.29 is 4.79 Å². The molecule has 1 N–H and O–H groups in total. The van der Waals surface area contributed by atoms with Gasteiger partial charge in [0, 0.05) is 0 Å². The van der Waals surface area contributed by atoms with Gasteiger partial charge in [0.05, 0.1) is 12.5 Å². The summed E-state index contributed by atoms with van der Waals surface area (Å²) in [4.78, 5) is 12.2. The molecule has 1 amide bonds. The van der Waals surface area contributed by atoms with Crippen LogP contribution in [0.2, 0.25) is 0 Å². The van der Waals surface area contributed by atoms with E-state index in [0.717, 1.165) is 16.7 Å². The zero-order valence-electron chi connectivity index (χ0n) is 13.9. The average molecular weight is 295 g/mol. The molecular formula is C20H25NO. The van der Waals surface area contributed by atoms with Crippen LogP contribution in [0.25, 0.3) is 0 Å². The van der Waals surface area contributed by atoms with E-state index in [0.29, 0.717) is 12.3 Å². The van der Waals surface area contributed by atoms with Gasteiger partial charge < -0.3 is 5.32 Å². The van der Waals surface area contributed by atoms with Crippen molar-refractivity contribution in [1.82, 2.24) is 5.32 Å². The number of amides is 1. The Bertz CT molecular complexity index is 628. The largest absolute Gasteiger partial charge is 0.349 e. The number of aryl methyl sites for hydroxylation is 1. The number of carbonyl (C=O) groups is 1. The van der Waals surface area contributed by atoms with Crippen LogP contribution in [0.1, 0.15) is 55.0 Å². The second kappa shape index (κ2) is 7.26. The van der Waals surface area contributed by atoms with Crippen LogP contribution in [-0.2, 0) is 11.2 Å². The van der Waals surface area contributed by atoms with E-state index in [1.807, 2.05) is 38.1 Å². The SMILES string of the molecule is Cc1ccccc1CC(=O)NC(C)c1ccc(C(C)C)cc1. The molecule has 0 heterocycles. The summed E-state index contributed by atoms with van der Waals surface area (Å²) < 4.78 is 0. The Kier molecular flexibility index (Phi) is 5.37. The van der Waals surface area contributed by atoms with Gasteiger partial charge in [-0.05, 0) is 42.0 Å². The molecule has 2 rings (SSSR count). The van der Waals surface area contributed by atoms with Gasteiger partial charge in [0.1, 0.15) is 0 Å². The number of carbonyl (C=O) groups excluding carboxylic acids is 1. The Labute approximate surface area is 133 Å². The lowest BCUT2D eigenvalue weighted by Gasteiger charge is -2.16. The molecule has 2 nitrogen and oxygen atoms in total. The maximum Gasteiger partial charge on any atom is 0.224 e. The zero-order valence-corrected chi connectivity index (χ0v) is 13.9. The topological polar surface area (TPSA) is 29.1 Å². The first kappa shape index (κ1) is 16.3. The van der Waals surface area contributed by atoms with Crippen LogP contribution in [0.5, 0.6) is 0 Å². The highest BCUT2D eigenvalue weighted by molar-refractivity contribution is 5.79. The summed E-state index contributed by atoms with van der Waals surface area (Å²) in [6.45, 7) is 8.43. The zero-order chi connectivity index (χ0) is 16.1. The molecule has 0 spiro atoms. The third kappa shape index (κ3) is 4.20. The first-order chi connectivity index (χ1) is 10.5. The number of hydrogen-bond donors (Lipinski definition) is 1. The van der Waals surface area contributed by atoms with Crippen molar-refractivity contribution in [2.24, 2.45) is 0 Å². The lowest BCUT2D eigenvalue weighted by molar-refractivity contribution is -0.121. The van der Waals surface area contributed by atoms with Gasteiger partial charge in [-0.1, -0.05) is 62.4 Å². The Balaban J connectivity index is 1.97. The van der Waals surface area contributed by atoms with Crippen molar-refractivity contribution in [2.75, 3.05) is 0 Å². The van der Waals surface area contributed by atoms with Crippen LogP contribution in [0, 0.1) is 6.92 Å². The number of rotatable bonds is 5. The molecule has 1 atom stereocenters. The standard InChI is InChI=1S/C20H25NO/c1-14(2)17-9-11-18(12-10-17)16(4)21-20(22)13-19-8-6-5-7-15(19)3/h5-12,14,16H,13H2,1-4H3,(H,21,22). The van der Waals surface area contributed by atoms with E-state index in [-0.39, 0.29) is 11.9 Å². The monoisotopic (exact) mass is 295 g/mol. The van der Waals surface area contributed by atoms with Crippen LogP contribution < -0.4 is 5.32 Å². The minimum absolute atomic E-state index is 0.0257. The fourth-order valence-electron chi connectivity index (χ4n) is 2.53. The molecule has 1 unspecified atom stereocenters. The normalized spacial score (nSPS) is 12.2.